The van der Waals surface area contributed by atoms with Crippen LogP contribution in [0.5, 0.6) is 0 Å². The first-order valence-corrected chi connectivity index (χ1v) is 5.88. The lowest BCUT2D eigenvalue weighted by molar-refractivity contribution is -0.115. The van der Waals surface area contributed by atoms with Crippen LogP contribution in [0.4, 0.5) is 10.1 Å². The Morgan fingerprint density at radius 3 is 2.59 bits per heavy atom. The van der Waals surface area contributed by atoms with E-state index in [0.29, 0.717) is 11.6 Å². The van der Waals surface area contributed by atoms with Crippen LogP contribution >= 0.6 is 0 Å². The summed E-state index contributed by atoms with van der Waals surface area (Å²) < 4.78 is 12.6. The molecule has 1 rings (SSSR count). The van der Waals surface area contributed by atoms with E-state index in [1.54, 1.807) is 12.1 Å². The number of carbonyl (C=O) groups excluding carboxylic acids is 1. The molecular weight excluding hydrogens is 219 g/mol. The monoisotopic (exact) mass is 238 g/mol. The maximum Gasteiger partial charge on any atom is 0.238 e. The predicted molar refractivity (Wildman–Crippen MR) is 67.4 cm³/mol. The first-order chi connectivity index (χ1) is 8.11. The molecule has 0 aliphatic heterocycles. The van der Waals surface area contributed by atoms with Gasteiger partial charge < -0.3 is 10.6 Å². The number of rotatable bonds is 6. The van der Waals surface area contributed by atoms with E-state index in [4.69, 9.17) is 0 Å². The average Bonchev–Trinajstić information content (AvgIpc) is 2.32. The van der Waals surface area contributed by atoms with Gasteiger partial charge >= 0.3 is 0 Å². The lowest BCUT2D eigenvalue weighted by Crippen LogP contribution is -2.31. The van der Waals surface area contributed by atoms with E-state index in [9.17, 15) is 9.18 Å². The third-order valence-corrected chi connectivity index (χ3v) is 2.60. The standard InChI is InChI=1S/C13H19FN2O/c1-3-10(2)8-15-9-13(17)16-12-6-4-11(14)5-7-12/h4-7,10,15H,3,8-9H2,1-2H3,(H,16,17). The summed E-state index contributed by atoms with van der Waals surface area (Å²) in [4.78, 5) is 11.5. The molecule has 1 unspecified atom stereocenters. The first kappa shape index (κ1) is 13.6. The molecule has 0 saturated heterocycles. The Morgan fingerprint density at radius 1 is 1.35 bits per heavy atom. The second-order valence-electron chi connectivity index (χ2n) is 4.20. The number of carbonyl (C=O) groups is 1. The normalized spacial score (nSPS) is 12.2. The van der Waals surface area contributed by atoms with Crippen molar-refractivity contribution in [2.24, 2.45) is 5.92 Å². The molecule has 0 heterocycles. The topological polar surface area (TPSA) is 41.1 Å². The molecule has 0 spiro atoms. The highest BCUT2D eigenvalue weighted by atomic mass is 19.1. The van der Waals surface area contributed by atoms with Crippen LogP contribution in [-0.4, -0.2) is 19.0 Å². The van der Waals surface area contributed by atoms with E-state index >= 15 is 0 Å². The summed E-state index contributed by atoms with van der Waals surface area (Å²) in [5, 5.41) is 5.77. The molecule has 0 bridgehead atoms. The van der Waals surface area contributed by atoms with E-state index in [1.807, 2.05) is 0 Å². The van der Waals surface area contributed by atoms with Gasteiger partial charge in [-0.05, 0) is 36.7 Å². The van der Waals surface area contributed by atoms with E-state index < -0.39 is 0 Å². The van der Waals surface area contributed by atoms with E-state index in [1.165, 1.54) is 12.1 Å². The number of anilines is 1. The molecule has 4 heteroatoms. The minimum atomic E-state index is -0.308. The summed E-state index contributed by atoms with van der Waals surface area (Å²) in [6.07, 6.45) is 1.09. The zero-order chi connectivity index (χ0) is 12.7. The predicted octanol–water partition coefficient (Wildman–Crippen LogP) is 2.40. The maximum absolute atomic E-state index is 12.6. The molecule has 2 N–H and O–H groups in total. The van der Waals surface area contributed by atoms with Gasteiger partial charge in [-0.3, -0.25) is 4.79 Å². The van der Waals surface area contributed by atoms with Crippen LogP contribution in [0, 0.1) is 11.7 Å². The Morgan fingerprint density at radius 2 is 2.00 bits per heavy atom. The molecule has 1 aromatic rings. The van der Waals surface area contributed by atoms with Crippen LogP contribution in [-0.2, 0) is 4.79 Å². The molecule has 1 amide bonds. The van der Waals surface area contributed by atoms with Crippen molar-refractivity contribution in [1.82, 2.24) is 5.32 Å². The quantitative estimate of drug-likeness (QED) is 0.799. The van der Waals surface area contributed by atoms with E-state index in [-0.39, 0.29) is 18.3 Å². The summed E-state index contributed by atoms with van der Waals surface area (Å²) in [7, 11) is 0. The van der Waals surface area contributed by atoms with Gasteiger partial charge in [0.2, 0.25) is 5.91 Å². The third-order valence-electron chi connectivity index (χ3n) is 2.60. The Balaban J connectivity index is 2.27. The van der Waals surface area contributed by atoms with Crippen LogP contribution in [0.15, 0.2) is 24.3 Å². The van der Waals surface area contributed by atoms with Gasteiger partial charge in [-0.1, -0.05) is 20.3 Å². The average molecular weight is 238 g/mol. The third kappa shape index (κ3) is 5.45. The van der Waals surface area contributed by atoms with Crippen LogP contribution in [0.25, 0.3) is 0 Å². The summed E-state index contributed by atoms with van der Waals surface area (Å²) in [6, 6.07) is 5.73. The fourth-order valence-electron chi connectivity index (χ4n) is 1.31. The van der Waals surface area contributed by atoms with Crippen LogP contribution in [0.3, 0.4) is 0 Å². The van der Waals surface area contributed by atoms with E-state index in [2.05, 4.69) is 24.5 Å². The number of hydrogen-bond donors (Lipinski definition) is 2. The number of benzene rings is 1. The summed E-state index contributed by atoms with van der Waals surface area (Å²) in [5.41, 5.74) is 0.613. The zero-order valence-corrected chi connectivity index (χ0v) is 10.3. The summed E-state index contributed by atoms with van der Waals surface area (Å²) >= 11 is 0. The van der Waals surface area contributed by atoms with Gasteiger partial charge in [-0.2, -0.15) is 0 Å². The van der Waals surface area contributed by atoms with Crippen molar-refractivity contribution in [3.8, 4) is 0 Å². The molecule has 94 valence electrons. The van der Waals surface area contributed by atoms with Gasteiger partial charge in [0.25, 0.3) is 0 Å². The smallest absolute Gasteiger partial charge is 0.238 e. The van der Waals surface area contributed by atoms with Crippen molar-refractivity contribution >= 4 is 11.6 Å². The Kier molecular flexibility index (Phi) is 5.63. The number of hydrogen-bond acceptors (Lipinski definition) is 2. The van der Waals surface area contributed by atoms with Crippen LogP contribution in [0.2, 0.25) is 0 Å². The highest BCUT2D eigenvalue weighted by Crippen LogP contribution is 2.07. The van der Waals surface area contributed by atoms with Crippen molar-refractivity contribution < 1.29 is 9.18 Å². The molecule has 1 aromatic carbocycles. The molecule has 0 aliphatic rings. The zero-order valence-electron chi connectivity index (χ0n) is 10.3. The second kappa shape index (κ2) is 7.01. The molecule has 0 aliphatic carbocycles. The molecule has 0 fully saturated rings. The van der Waals surface area contributed by atoms with Crippen molar-refractivity contribution in [3.05, 3.63) is 30.1 Å². The van der Waals surface area contributed by atoms with Gasteiger partial charge in [-0.15, -0.1) is 0 Å². The largest absolute Gasteiger partial charge is 0.325 e. The van der Waals surface area contributed by atoms with E-state index in [0.717, 1.165) is 13.0 Å². The van der Waals surface area contributed by atoms with Gasteiger partial charge in [0.15, 0.2) is 0 Å². The molecule has 17 heavy (non-hydrogen) atoms. The van der Waals surface area contributed by atoms with Crippen molar-refractivity contribution in [1.29, 1.82) is 0 Å². The lowest BCUT2D eigenvalue weighted by Gasteiger charge is -2.10. The SMILES string of the molecule is CCC(C)CNCC(=O)Nc1ccc(F)cc1. The minimum Gasteiger partial charge on any atom is -0.325 e. The lowest BCUT2D eigenvalue weighted by atomic mass is 10.1. The van der Waals surface area contributed by atoms with Gasteiger partial charge in [0.1, 0.15) is 5.82 Å². The Hall–Kier alpha value is -1.42. The second-order valence-corrected chi connectivity index (χ2v) is 4.20. The Labute approximate surface area is 101 Å². The summed E-state index contributed by atoms with van der Waals surface area (Å²) in [6.45, 7) is 5.35. The summed E-state index contributed by atoms with van der Waals surface area (Å²) in [5.74, 6) is 0.145. The number of nitrogens with one attached hydrogen (secondary N) is 2. The molecule has 1 atom stereocenters. The van der Waals surface area contributed by atoms with Gasteiger partial charge in [0, 0.05) is 5.69 Å². The fraction of sp³-hybridized carbons (Fsp3) is 0.462. The van der Waals surface area contributed by atoms with Gasteiger partial charge in [0.05, 0.1) is 6.54 Å². The molecule has 0 aromatic heterocycles. The van der Waals surface area contributed by atoms with Crippen molar-refractivity contribution in [2.75, 3.05) is 18.4 Å². The highest BCUT2D eigenvalue weighted by Gasteiger charge is 2.03. The Bertz CT molecular complexity index is 351. The number of amides is 1. The minimum absolute atomic E-state index is 0.111. The molecular formula is C13H19FN2O. The molecule has 3 nitrogen and oxygen atoms in total. The van der Waals surface area contributed by atoms with Crippen LogP contribution in [0.1, 0.15) is 20.3 Å². The van der Waals surface area contributed by atoms with Crippen molar-refractivity contribution in [2.45, 2.75) is 20.3 Å². The number of halogens is 1. The van der Waals surface area contributed by atoms with Crippen molar-refractivity contribution in [3.63, 3.8) is 0 Å². The maximum atomic E-state index is 12.6. The van der Waals surface area contributed by atoms with Crippen LogP contribution < -0.4 is 10.6 Å². The van der Waals surface area contributed by atoms with Gasteiger partial charge in [-0.25, -0.2) is 4.39 Å². The molecule has 0 saturated carbocycles. The highest BCUT2D eigenvalue weighted by molar-refractivity contribution is 5.92. The fourth-order valence-corrected chi connectivity index (χ4v) is 1.31. The molecule has 0 radical (unpaired) electrons. The first-order valence-electron chi connectivity index (χ1n) is 5.88.